The van der Waals surface area contributed by atoms with Gasteiger partial charge in [0.15, 0.2) is 12.1 Å². The van der Waals surface area contributed by atoms with Gasteiger partial charge in [0.25, 0.3) is 5.91 Å². The number of ether oxygens (including phenoxy) is 3. The highest BCUT2D eigenvalue weighted by atomic mass is 32.2. The van der Waals surface area contributed by atoms with Crippen molar-refractivity contribution in [1.29, 1.82) is 0 Å². The van der Waals surface area contributed by atoms with Crippen LogP contribution in [0.5, 0.6) is 11.5 Å². The molecule has 2 aliphatic rings. The van der Waals surface area contributed by atoms with Gasteiger partial charge >= 0.3 is 11.9 Å². The predicted molar refractivity (Wildman–Crippen MR) is 143 cm³/mol. The van der Waals surface area contributed by atoms with Gasteiger partial charge in [-0.2, -0.15) is 0 Å². The zero-order valence-electron chi connectivity index (χ0n) is 21.0. The second kappa shape index (κ2) is 11.9. The van der Waals surface area contributed by atoms with E-state index in [2.05, 4.69) is 11.9 Å². The lowest BCUT2D eigenvalue weighted by molar-refractivity contribution is -0.141. The standard InChI is InChI=1S/C28H28N2O7S/c1-4-14-36-20-12-8-19(9-13-20)25-24(27(34)35-5-2)17(3)29-28-30(25)26(33)22(38-28)15-18-6-10-21(11-7-18)37-16-23(31)32/h4,6-13,15,25,28-29H,1,5,14,16H2,2-3H3,(H,31,32). The Morgan fingerprint density at radius 2 is 1.76 bits per heavy atom. The van der Waals surface area contributed by atoms with Crippen LogP contribution in [0, 0.1) is 0 Å². The Morgan fingerprint density at radius 1 is 1.11 bits per heavy atom. The van der Waals surface area contributed by atoms with Crippen molar-refractivity contribution in [2.45, 2.75) is 25.4 Å². The first kappa shape index (κ1) is 26.9. The van der Waals surface area contributed by atoms with Crippen LogP contribution in [-0.2, 0) is 19.1 Å². The first-order valence-corrected chi connectivity index (χ1v) is 12.8. The van der Waals surface area contributed by atoms with Gasteiger partial charge in [-0.1, -0.05) is 48.7 Å². The fourth-order valence-electron chi connectivity index (χ4n) is 4.17. The van der Waals surface area contributed by atoms with Gasteiger partial charge in [0, 0.05) is 5.70 Å². The largest absolute Gasteiger partial charge is 0.490 e. The molecule has 1 amide bonds. The summed E-state index contributed by atoms with van der Waals surface area (Å²) in [4.78, 5) is 39.6. The number of fused-ring (bicyclic) bond motifs is 1. The highest BCUT2D eigenvalue weighted by Gasteiger charge is 2.47. The highest BCUT2D eigenvalue weighted by molar-refractivity contribution is 8.05. The Bertz CT molecular complexity index is 1290. The number of carboxylic acids is 1. The van der Waals surface area contributed by atoms with E-state index in [-0.39, 0.29) is 12.5 Å². The Morgan fingerprint density at radius 3 is 2.39 bits per heavy atom. The summed E-state index contributed by atoms with van der Waals surface area (Å²) in [6, 6.07) is 13.4. The van der Waals surface area contributed by atoms with Crippen molar-refractivity contribution in [3.8, 4) is 11.5 Å². The maximum absolute atomic E-state index is 13.7. The van der Waals surface area contributed by atoms with Crippen molar-refractivity contribution < 1.29 is 33.7 Å². The summed E-state index contributed by atoms with van der Waals surface area (Å²) in [6.07, 6.45) is 3.41. The van der Waals surface area contributed by atoms with Crippen LogP contribution in [0.4, 0.5) is 0 Å². The fraction of sp³-hybridized carbons (Fsp3) is 0.250. The molecule has 2 aromatic rings. The molecule has 2 aromatic carbocycles. The van der Waals surface area contributed by atoms with E-state index in [9.17, 15) is 14.4 Å². The van der Waals surface area contributed by atoms with Gasteiger partial charge in [-0.15, -0.1) is 0 Å². The number of allylic oxidation sites excluding steroid dienone is 1. The van der Waals surface area contributed by atoms with Crippen LogP contribution in [0.15, 0.2) is 77.4 Å². The molecule has 2 heterocycles. The fourth-order valence-corrected chi connectivity index (χ4v) is 5.39. The molecule has 1 fully saturated rings. The summed E-state index contributed by atoms with van der Waals surface area (Å²) in [5.74, 6) is -0.715. The Labute approximate surface area is 224 Å². The topological polar surface area (TPSA) is 114 Å². The number of rotatable bonds is 10. The average Bonchev–Trinajstić information content (AvgIpc) is 3.20. The van der Waals surface area contributed by atoms with E-state index in [0.717, 1.165) is 11.1 Å². The van der Waals surface area contributed by atoms with Crippen LogP contribution in [0.3, 0.4) is 0 Å². The molecule has 0 spiro atoms. The van der Waals surface area contributed by atoms with E-state index in [1.54, 1.807) is 67.3 Å². The van der Waals surface area contributed by atoms with E-state index in [1.807, 2.05) is 12.1 Å². The number of aliphatic carboxylic acids is 1. The summed E-state index contributed by atoms with van der Waals surface area (Å²) in [6.45, 7) is 7.34. The third-order valence-corrected chi connectivity index (χ3v) is 6.95. The van der Waals surface area contributed by atoms with Crippen LogP contribution < -0.4 is 14.8 Å². The summed E-state index contributed by atoms with van der Waals surface area (Å²) < 4.78 is 16.1. The molecule has 2 unspecified atom stereocenters. The molecular formula is C28H28N2O7S. The Hall–Kier alpha value is -4.18. The monoisotopic (exact) mass is 536 g/mol. The van der Waals surface area contributed by atoms with E-state index in [4.69, 9.17) is 19.3 Å². The molecular weight excluding hydrogens is 508 g/mol. The Balaban J connectivity index is 1.65. The van der Waals surface area contributed by atoms with Gasteiger partial charge < -0.3 is 24.6 Å². The molecule has 4 rings (SSSR count). The Kier molecular flexibility index (Phi) is 8.42. The molecule has 2 N–H and O–H groups in total. The molecule has 0 radical (unpaired) electrons. The second-order valence-corrected chi connectivity index (χ2v) is 9.54. The molecule has 2 atom stereocenters. The zero-order chi connectivity index (χ0) is 27.2. The quantitative estimate of drug-likeness (QED) is 0.263. The lowest BCUT2D eigenvalue weighted by Gasteiger charge is -2.39. The van der Waals surface area contributed by atoms with Crippen molar-refractivity contribution in [1.82, 2.24) is 10.2 Å². The summed E-state index contributed by atoms with van der Waals surface area (Å²) in [5.41, 5.74) is 2.09. The summed E-state index contributed by atoms with van der Waals surface area (Å²) in [5, 5.41) is 12.1. The minimum atomic E-state index is -1.06. The number of nitrogens with one attached hydrogen (secondary N) is 1. The smallest absolute Gasteiger partial charge is 0.341 e. The molecule has 2 aliphatic heterocycles. The van der Waals surface area contributed by atoms with Gasteiger partial charge in [-0.25, -0.2) is 9.59 Å². The van der Waals surface area contributed by atoms with Crippen molar-refractivity contribution in [2.75, 3.05) is 19.8 Å². The third kappa shape index (κ3) is 5.86. The average molecular weight is 537 g/mol. The number of amides is 1. The lowest BCUT2D eigenvalue weighted by Crippen LogP contribution is -2.49. The van der Waals surface area contributed by atoms with Crippen molar-refractivity contribution in [3.63, 3.8) is 0 Å². The molecule has 1 saturated heterocycles. The number of carbonyl (C=O) groups is 3. The molecule has 0 bridgehead atoms. The number of esters is 1. The number of carbonyl (C=O) groups excluding carboxylic acids is 2. The minimum absolute atomic E-state index is 0.208. The van der Waals surface area contributed by atoms with Crippen molar-refractivity contribution in [3.05, 3.63) is 88.5 Å². The second-order valence-electron chi connectivity index (χ2n) is 8.42. The lowest BCUT2D eigenvalue weighted by atomic mass is 9.93. The maximum Gasteiger partial charge on any atom is 0.341 e. The van der Waals surface area contributed by atoms with Crippen molar-refractivity contribution in [2.24, 2.45) is 0 Å². The van der Waals surface area contributed by atoms with E-state index in [1.165, 1.54) is 11.8 Å². The summed E-state index contributed by atoms with van der Waals surface area (Å²) >= 11 is 1.35. The zero-order valence-corrected chi connectivity index (χ0v) is 21.8. The number of hydrogen-bond acceptors (Lipinski definition) is 8. The van der Waals surface area contributed by atoms with Gasteiger partial charge in [-0.05, 0) is 55.3 Å². The number of nitrogens with zero attached hydrogens (tertiary/aromatic N) is 1. The molecule has 9 nitrogen and oxygen atoms in total. The normalized spacial score (nSPS) is 19.6. The van der Waals surface area contributed by atoms with Crippen molar-refractivity contribution >= 4 is 35.7 Å². The third-order valence-electron chi connectivity index (χ3n) is 5.83. The van der Waals surface area contributed by atoms with E-state index in [0.29, 0.717) is 34.3 Å². The highest BCUT2D eigenvalue weighted by Crippen LogP contribution is 2.46. The maximum atomic E-state index is 13.7. The first-order valence-electron chi connectivity index (χ1n) is 12.0. The molecule has 0 saturated carbocycles. The van der Waals surface area contributed by atoms with Crippen LogP contribution in [-0.4, -0.2) is 53.2 Å². The van der Waals surface area contributed by atoms with Crippen LogP contribution in [0.2, 0.25) is 0 Å². The SMILES string of the molecule is C=CCOc1ccc(C2C(C(=O)OCC)=C(C)NC3SC(=Cc4ccc(OCC(=O)O)cc4)C(=O)N32)cc1. The van der Waals surface area contributed by atoms with E-state index < -0.39 is 30.1 Å². The number of benzene rings is 2. The van der Waals surface area contributed by atoms with Crippen LogP contribution >= 0.6 is 11.8 Å². The molecule has 38 heavy (non-hydrogen) atoms. The van der Waals surface area contributed by atoms with Gasteiger partial charge in [0.05, 0.1) is 23.1 Å². The van der Waals surface area contributed by atoms with Gasteiger partial charge in [-0.3, -0.25) is 9.69 Å². The van der Waals surface area contributed by atoms with Gasteiger partial charge in [0.2, 0.25) is 0 Å². The minimum Gasteiger partial charge on any atom is -0.490 e. The number of hydrogen-bond donors (Lipinski definition) is 2. The van der Waals surface area contributed by atoms with E-state index >= 15 is 0 Å². The number of thioether (sulfide) groups is 1. The molecule has 10 heteroatoms. The summed E-state index contributed by atoms with van der Waals surface area (Å²) in [7, 11) is 0. The first-order chi connectivity index (χ1) is 18.3. The van der Waals surface area contributed by atoms with Gasteiger partial charge in [0.1, 0.15) is 18.1 Å². The van der Waals surface area contributed by atoms with Crippen LogP contribution in [0.25, 0.3) is 6.08 Å². The molecule has 0 aromatic heterocycles. The molecule has 198 valence electrons. The predicted octanol–water partition coefficient (Wildman–Crippen LogP) is 4.10. The number of carboxylic acid groups (broad SMARTS) is 1. The molecule has 0 aliphatic carbocycles. The van der Waals surface area contributed by atoms with Crippen LogP contribution in [0.1, 0.15) is 31.0 Å².